The van der Waals surface area contributed by atoms with Crippen LogP contribution in [0, 0.1) is 25.7 Å². The number of amides is 1. The number of benzene rings is 1. The van der Waals surface area contributed by atoms with Gasteiger partial charge in [-0.15, -0.1) is 0 Å². The van der Waals surface area contributed by atoms with Crippen LogP contribution in [0.5, 0.6) is 5.75 Å². The Hall–Kier alpha value is -2.30. The molecular formula is C21H28N2O3. The van der Waals surface area contributed by atoms with Crippen molar-refractivity contribution in [3.8, 4) is 5.75 Å². The predicted molar refractivity (Wildman–Crippen MR) is 100 cm³/mol. The van der Waals surface area contributed by atoms with Crippen molar-refractivity contribution in [2.45, 2.75) is 59.6 Å². The molecule has 1 aromatic heterocycles. The summed E-state index contributed by atoms with van der Waals surface area (Å²) in [5, 5.41) is 7.15. The van der Waals surface area contributed by atoms with Crippen molar-refractivity contribution in [1.82, 2.24) is 10.5 Å². The molecule has 0 radical (unpaired) electrons. The largest absolute Gasteiger partial charge is 0.489 e. The third kappa shape index (κ3) is 4.09. The summed E-state index contributed by atoms with van der Waals surface area (Å²) in [5.74, 6) is 2.55. The smallest absolute Gasteiger partial charge is 0.251 e. The van der Waals surface area contributed by atoms with Crippen molar-refractivity contribution < 1.29 is 14.1 Å². The van der Waals surface area contributed by atoms with Gasteiger partial charge in [-0.3, -0.25) is 4.79 Å². The molecule has 1 amide bonds. The zero-order chi connectivity index (χ0) is 18.7. The molecule has 26 heavy (non-hydrogen) atoms. The van der Waals surface area contributed by atoms with E-state index in [0.29, 0.717) is 24.0 Å². The molecule has 2 aromatic rings. The first-order chi connectivity index (χ1) is 12.5. The van der Waals surface area contributed by atoms with E-state index in [1.807, 2.05) is 38.1 Å². The van der Waals surface area contributed by atoms with Gasteiger partial charge in [-0.2, -0.15) is 0 Å². The topological polar surface area (TPSA) is 64.4 Å². The number of aromatic nitrogens is 1. The summed E-state index contributed by atoms with van der Waals surface area (Å²) < 4.78 is 10.9. The Morgan fingerprint density at radius 3 is 2.42 bits per heavy atom. The van der Waals surface area contributed by atoms with Gasteiger partial charge in [0, 0.05) is 11.6 Å². The Balaban J connectivity index is 1.59. The Morgan fingerprint density at radius 2 is 1.85 bits per heavy atom. The molecule has 1 fully saturated rings. The molecule has 0 spiro atoms. The Kier molecular flexibility index (Phi) is 5.64. The van der Waals surface area contributed by atoms with E-state index in [9.17, 15) is 4.79 Å². The second-order valence-electron chi connectivity index (χ2n) is 7.50. The highest BCUT2D eigenvalue weighted by Gasteiger charge is 2.29. The van der Waals surface area contributed by atoms with Gasteiger partial charge < -0.3 is 14.6 Å². The van der Waals surface area contributed by atoms with Crippen molar-refractivity contribution in [2.75, 3.05) is 0 Å². The summed E-state index contributed by atoms with van der Waals surface area (Å²) in [5.41, 5.74) is 2.47. The molecular weight excluding hydrogens is 328 g/mol. The monoisotopic (exact) mass is 356 g/mol. The van der Waals surface area contributed by atoms with E-state index in [2.05, 4.69) is 24.3 Å². The molecule has 5 nitrogen and oxygen atoms in total. The first kappa shape index (κ1) is 18.5. The van der Waals surface area contributed by atoms with Gasteiger partial charge in [0.2, 0.25) is 0 Å². The van der Waals surface area contributed by atoms with Crippen molar-refractivity contribution in [3.63, 3.8) is 0 Å². The minimum Gasteiger partial charge on any atom is -0.489 e. The summed E-state index contributed by atoms with van der Waals surface area (Å²) >= 11 is 0. The van der Waals surface area contributed by atoms with Crippen LogP contribution < -0.4 is 10.1 Å². The minimum absolute atomic E-state index is 0.00660. The van der Waals surface area contributed by atoms with Crippen LogP contribution >= 0.6 is 0 Å². The van der Waals surface area contributed by atoms with Gasteiger partial charge in [0.1, 0.15) is 18.1 Å². The summed E-state index contributed by atoms with van der Waals surface area (Å²) in [6, 6.07) is 7.56. The first-order valence-electron chi connectivity index (χ1n) is 9.41. The van der Waals surface area contributed by atoms with Gasteiger partial charge in [-0.05, 0) is 62.8 Å². The first-order valence-corrected chi connectivity index (χ1v) is 9.41. The fraction of sp³-hybridized carbons (Fsp3) is 0.524. The average Bonchev–Trinajstić information content (AvgIpc) is 2.95. The fourth-order valence-electron chi connectivity index (χ4n) is 3.77. The van der Waals surface area contributed by atoms with Crippen molar-refractivity contribution in [2.24, 2.45) is 11.8 Å². The van der Waals surface area contributed by atoms with E-state index < -0.39 is 0 Å². The van der Waals surface area contributed by atoms with Crippen LogP contribution in [0.1, 0.15) is 60.5 Å². The molecule has 1 N–H and O–H groups in total. The van der Waals surface area contributed by atoms with Gasteiger partial charge in [0.05, 0.1) is 11.3 Å². The lowest BCUT2D eigenvalue weighted by Gasteiger charge is -2.35. The van der Waals surface area contributed by atoms with Crippen molar-refractivity contribution >= 4 is 5.91 Å². The van der Waals surface area contributed by atoms with E-state index in [1.165, 1.54) is 19.3 Å². The van der Waals surface area contributed by atoms with Crippen LogP contribution in [0.15, 0.2) is 28.8 Å². The number of hydrogen-bond donors (Lipinski definition) is 1. The maximum Gasteiger partial charge on any atom is 0.251 e. The normalized spacial score (nSPS) is 22.8. The molecule has 1 saturated carbocycles. The van der Waals surface area contributed by atoms with Gasteiger partial charge in [0.15, 0.2) is 0 Å². The van der Waals surface area contributed by atoms with Crippen LogP contribution in [-0.2, 0) is 6.61 Å². The number of nitrogens with zero attached hydrogens (tertiary/aromatic N) is 1. The Bertz CT molecular complexity index is 722. The second kappa shape index (κ2) is 7.94. The maximum atomic E-state index is 12.6. The number of nitrogens with one attached hydrogen (secondary N) is 1. The Labute approximate surface area is 155 Å². The SMILES string of the molecule is Cc1noc(C)c1COc1ccc(C(=O)NC2C(C)CCCC2C)cc1. The molecule has 1 aromatic carbocycles. The zero-order valence-corrected chi connectivity index (χ0v) is 16.0. The predicted octanol–water partition coefficient (Wildman–Crippen LogP) is 4.42. The highest BCUT2D eigenvalue weighted by Crippen LogP contribution is 2.29. The van der Waals surface area contributed by atoms with Crippen LogP contribution in [-0.4, -0.2) is 17.1 Å². The molecule has 1 aliphatic carbocycles. The third-order valence-electron chi connectivity index (χ3n) is 5.52. The lowest BCUT2D eigenvalue weighted by Crippen LogP contribution is -2.45. The molecule has 0 bridgehead atoms. The molecule has 1 heterocycles. The van der Waals surface area contributed by atoms with Gasteiger partial charge in [0.25, 0.3) is 5.91 Å². The van der Waals surface area contributed by atoms with E-state index in [4.69, 9.17) is 9.26 Å². The van der Waals surface area contributed by atoms with E-state index >= 15 is 0 Å². The standard InChI is InChI=1S/C21H28N2O3/c1-13-6-5-7-14(2)20(13)22-21(24)17-8-10-18(11-9-17)25-12-19-15(3)23-26-16(19)4/h8-11,13-14,20H,5-7,12H2,1-4H3,(H,22,24). The molecule has 140 valence electrons. The third-order valence-corrected chi connectivity index (χ3v) is 5.52. The molecule has 3 rings (SSSR count). The highest BCUT2D eigenvalue weighted by molar-refractivity contribution is 5.94. The second-order valence-corrected chi connectivity index (χ2v) is 7.50. The van der Waals surface area contributed by atoms with Crippen molar-refractivity contribution in [1.29, 1.82) is 0 Å². The van der Waals surface area contributed by atoms with Crippen LogP contribution in [0.4, 0.5) is 0 Å². The van der Waals surface area contributed by atoms with Gasteiger partial charge in [-0.25, -0.2) is 0 Å². The average molecular weight is 356 g/mol. The van der Waals surface area contributed by atoms with Crippen molar-refractivity contribution in [3.05, 3.63) is 46.8 Å². The number of aryl methyl sites for hydroxylation is 2. The van der Waals surface area contributed by atoms with Gasteiger partial charge in [-0.1, -0.05) is 25.4 Å². The van der Waals surface area contributed by atoms with E-state index in [0.717, 1.165) is 22.8 Å². The Morgan fingerprint density at radius 1 is 1.19 bits per heavy atom. The summed E-state index contributed by atoms with van der Waals surface area (Å²) in [4.78, 5) is 12.6. The molecule has 2 unspecified atom stereocenters. The number of ether oxygens (including phenoxy) is 1. The quantitative estimate of drug-likeness (QED) is 0.861. The number of hydrogen-bond acceptors (Lipinski definition) is 4. The minimum atomic E-state index is -0.00660. The van der Waals surface area contributed by atoms with E-state index in [-0.39, 0.29) is 11.9 Å². The summed E-state index contributed by atoms with van der Waals surface area (Å²) in [7, 11) is 0. The highest BCUT2D eigenvalue weighted by atomic mass is 16.5. The lowest BCUT2D eigenvalue weighted by atomic mass is 9.78. The van der Waals surface area contributed by atoms with Gasteiger partial charge >= 0.3 is 0 Å². The van der Waals surface area contributed by atoms with Crippen LogP contribution in [0.25, 0.3) is 0 Å². The van der Waals surface area contributed by atoms with E-state index in [1.54, 1.807) is 0 Å². The van der Waals surface area contributed by atoms with Crippen LogP contribution in [0.3, 0.4) is 0 Å². The number of carbonyl (C=O) groups is 1. The molecule has 1 aliphatic rings. The number of carbonyl (C=O) groups excluding carboxylic acids is 1. The number of rotatable bonds is 5. The molecule has 0 aliphatic heterocycles. The fourth-order valence-corrected chi connectivity index (χ4v) is 3.77. The molecule has 2 atom stereocenters. The molecule has 5 heteroatoms. The lowest BCUT2D eigenvalue weighted by molar-refractivity contribution is 0.0880. The van der Waals surface area contributed by atoms with Crippen LogP contribution in [0.2, 0.25) is 0 Å². The summed E-state index contributed by atoms with van der Waals surface area (Å²) in [6.07, 6.45) is 3.62. The zero-order valence-electron chi connectivity index (χ0n) is 16.0. The maximum absolute atomic E-state index is 12.6. The molecule has 0 saturated heterocycles. The summed E-state index contributed by atoms with van der Waals surface area (Å²) in [6.45, 7) is 8.64.